The maximum absolute atomic E-state index is 8.78. The van der Waals surface area contributed by atoms with E-state index in [1.54, 1.807) is 0 Å². The van der Waals surface area contributed by atoms with E-state index in [-0.39, 0.29) is 0 Å². The predicted octanol–water partition coefficient (Wildman–Crippen LogP) is 3.44. The van der Waals surface area contributed by atoms with E-state index in [2.05, 4.69) is 25.8 Å². The molecule has 2 heteroatoms. The fourth-order valence-electron chi connectivity index (χ4n) is 2.12. The first-order valence-electron chi connectivity index (χ1n) is 7.07. The number of aliphatic hydroxyl groups excluding tert-OH is 1. The van der Waals surface area contributed by atoms with Crippen molar-refractivity contribution >= 4 is 0 Å². The highest BCUT2D eigenvalue weighted by atomic mass is 16.2. The van der Waals surface area contributed by atoms with Gasteiger partial charge in [-0.3, -0.25) is 0 Å². The monoisotopic (exact) mass is 229 g/mol. The van der Waals surface area contributed by atoms with E-state index >= 15 is 0 Å². The zero-order chi connectivity index (χ0) is 12.2. The van der Waals surface area contributed by atoms with Crippen LogP contribution in [-0.4, -0.2) is 36.2 Å². The highest BCUT2D eigenvalue weighted by Crippen LogP contribution is 2.14. The van der Waals surface area contributed by atoms with Gasteiger partial charge < -0.3 is 10.0 Å². The minimum atomic E-state index is 0.336. The maximum atomic E-state index is 8.78. The first-order valence-corrected chi connectivity index (χ1v) is 7.07. The van der Waals surface area contributed by atoms with Crippen molar-refractivity contribution in [2.45, 2.75) is 71.3 Å². The Hall–Kier alpha value is -0.0800. The van der Waals surface area contributed by atoms with Crippen LogP contribution in [0.4, 0.5) is 0 Å². The van der Waals surface area contributed by atoms with Gasteiger partial charge in [0, 0.05) is 12.6 Å². The van der Waals surface area contributed by atoms with Gasteiger partial charge >= 0.3 is 0 Å². The van der Waals surface area contributed by atoms with Crippen LogP contribution in [0.5, 0.6) is 0 Å². The molecule has 0 amide bonds. The van der Waals surface area contributed by atoms with Crippen LogP contribution < -0.4 is 0 Å². The average Bonchev–Trinajstić information content (AvgIpc) is 2.29. The molecule has 0 aliphatic rings. The summed E-state index contributed by atoms with van der Waals surface area (Å²) in [7, 11) is 2.24. The summed E-state index contributed by atoms with van der Waals surface area (Å²) in [5.74, 6) is 0. The topological polar surface area (TPSA) is 23.5 Å². The van der Waals surface area contributed by atoms with Crippen LogP contribution in [0.3, 0.4) is 0 Å². The lowest BCUT2D eigenvalue weighted by atomic mass is 10.0. The number of hydrogen-bond acceptors (Lipinski definition) is 2. The number of hydrogen-bond donors (Lipinski definition) is 1. The molecule has 2 nitrogen and oxygen atoms in total. The van der Waals surface area contributed by atoms with Gasteiger partial charge in [-0.15, -0.1) is 0 Å². The molecule has 0 saturated heterocycles. The van der Waals surface area contributed by atoms with Crippen molar-refractivity contribution in [1.29, 1.82) is 0 Å². The fraction of sp³-hybridized carbons (Fsp3) is 1.00. The zero-order valence-electron chi connectivity index (χ0n) is 11.5. The van der Waals surface area contributed by atoms with Crippen molar-refractivity contribution in [1.82, 2.24) is 4.90 Å². The Morgan fingerprint density at radius 1 is 0.938 bits per heavy atom. The zero-order valence-corrected chi connectivity index (χ0v) is 11.5. The minimum Gasteiger partial charge on any atom is -0.396 e. The minimum absolute atomic E-state index is 0.336. The molecule has 0 aromatic carbocycles. The lowest BCUT2D eigenvalue weighted by Crippen LogP contribution is -2.32. The Labute approximate surface area is 102 Å². The molecule has 0 unspecified atom stereocenters. The second kappa shape index (κ2) is 11.4. The van der Waals surface area contributed by atoms with Crippen LogP contribution in [-0.2, 0) is 0 Å². The lowest BCUT2D eigenvalue weighted by molar-refractivity contribution is 0.199. The first-order chi connectivity index (χ1) is 7.76. The Kier molecular flexibility index (Phi) is 11.3. The third-order valence-electron chi connectivity index (χ3n) is 3.32. The number of rotatable bonds is 11. The molecular weight excluding hydrogens is 198 g/mol. The number of unbranched alkanes of at least 4 members (excludes halogenated alkanes) is 3. The third-order valence-corrected chi connectivity index (χ3v) is 3.32. The maximum Gasteiger partial charge on any atom is 0.0431 e. The van der Waals surface area contributed by atoms with Crippen LogP contribution in [0.1, 0.15) is 65.2 Å². The Balaban J connectivity index is 3.83. The van der Waals surface area contributed by atoms with Crippen LogP contribution >= 0.6 is 0 Å². The van der Waals surface area contributed by atoms with Crippen molar-refractivity contribution in [3.63, 3.8) is 0 Å². The molecule has 0 saturated carbocycles. The summed E-state index contributed by atoms with van der Waals surface area (Å²) in [6.07, 6.45) is 10.0. The summed E-state index contributed by atoms with van der Waals surface area (Å²) in [5.41, 5.74) is 0. The van der Waals surface area contributed by atoms with Crippen molar-refractivity contribution in [3.05, 3.63) is 0 Å². The van der Waals surface area contributed by atoms with Crippen molar-refractivity contribution in [3.8, 4) is 0 Å². The van der Waals surface area contributed by atoms with Crippen molar-refractivity contribution in [2.75, 3.05) is 20.2 Å². The molecule has 0 radical (unpaired) electrons. The fourth-order valence-corrected chi connectivity index (χ4v) is 2.12. The normalized spacial score (nSPS) is 11.6. The summed E-state index contributed by atoms with van der Waals surface area (Å²) in [6.45, 7) is 6.01. The van der Waals surface area contributed by atoms with Crippen LogP contribution in [0, 0.1) is 0 Å². The van der Waals surface area contributed by atoms with Crippen LogP contribution in [0.15, 0.2) is 0 Å². The first kappa shape index (κ1) is 15.9. The summed E-state index contributed by atoms with van der Waals surface area (Å²) < 4.78 is 0. The van der Waals surface area contributed by atoms with E-state index < -0.39 is 0 Å². The van der Waals surface area contributed by atoms with Gasteiger partial charge in [-0.2, -0.15) is 0 Å². The summed E-state index contributed by atoms with van der Waals surface area (Å²) in [6, 6.07) is 0.763. The van der Waals surface area contributed by atoms with Gasteiger partial charge in [0.2, 0.25) is 0 Å². The molecule has 1 N–H and O–H groups in total. The van der Waals surface area contributed by atoms with Crippen LogP contribution in [0.25, 0.3) is 0 Å². The molecule has 16 heavy (non-hydrogen) atoms. The van der Waals surface area contributed by atoms with E-state index in [9.17, 15) is 0 Å². The third kappa shape index (κ3) is 8.12. The average molecular weight is 229 g/mol. The van der Waals surface area contributed by atoms with Gasteiger partial charge in [0.05, 0.1) is 0 Å². The Morgan fingerprint density at radius 3 is 1.94 bits per heavy atom. The van der Waals surface area contributed by atoms with Gasteiger partial charge in [0.25, 0.3) is 0 Å². The van der Waals surface area contributed by atoms with E-state index in [0.717, 1.165) is 25.4 Å². The van der Waals surface area contributed by atoms with E-state index in [0.29, 0.717) is 6.61 Å². The molecule has 0 aromatic rings. The van der Waals surface area contributed by atoms with Gasteiger partial charge in [-0.1, -0.05) is 39.5 Å². The molecule has 0 heterocycles. The van der Waals surface area contributed by atoms with Crippen molar-refractivity contribution in [2.24, 2.45) is 0 Å². The molecular formula is C14H31NO. The van der Waals surface area contributed by atoms with Gasteiger partial charge in [-0.05, 0) is 39.3 Å². The van der Waals surface area contributed by atoms with E-state index in [1.807, 2.05) is 0 Å². The summed E-state index contributed by atoms with van der Waals surface area (Å²) in [5, 5.41) is 8.78. The predicted molar refractivity (Wildman–Crippen MR) is 71.8 cm³/mol. The standard InChI is InChI=1S/C14H31NO/c1-4-6-10-14(11-7-5-2)15(3)12-8-9-13-16/h14,16H,4-13H2,1-3H3. The Bertz CT molecular complexity index is 131. The second-order valence-electron chi connectivity index (χ2n) is 4.85. The van der Waals surface area contributed by atoms with Gasteiger partial charge in [0.1, 0.15) is 0 Å². The van der Waals surface area contributed by atoms with Crippen LogP contribution in [0.2, 0.25) is 0 Å². The Morgan fingerprint density at radius 2 is 1.50 bits per heavy atom. The molecule has 0 bridgehead atoms. The molecule has 0 aliphatic heterocycles. The van der Waals surface area contributed by atoms with Gasteiger partial charge in [0.15, 0.2) is 0 Å². The van der Waals surface area contributed by atoms with Crippen molar-refractivity contribution < 1.29 is 5.11 Å². The largest absolute Gasteiger partial charge is 0.396 e. The smallest absolute Gasteiger partial charge is 0.0431 e. The SMILES string of the molecule is CCCCC(CCCC)N(C)CCCCO. The highest BCUT2D eigenvalue weighted by molar-refractivity contribution is 4.69. The summed E-state index contributed by atoms with van der Waals surface area (Å²) >= 11 is 0. The second-order valence-corrected chi connectivity index (χ2v) is 4.85. The molecule has 0 spiro atoms. The quantitative estimate of drug-likeness (QED) is 0.549. The molecule has 98 valence electrons. The molecule has 0 fully saturated rings. The highest BCUT2D eigenvalue weighted by Gasteiger charge is 2.12. The lowest BCUT2D eigenvalue weighted by Gasteiger charge is -2.28. The molecule has 0 atom stereocenters. The molecule has 0 aliphatic carbocycles. The number of nitrogens with zero attached hydrogens (tertiary/aromatic N) is 1. The summed E-state index contributed by atoms with van der Waals surface area (Å²) in [4.78, 5) is 2.50. The molecule has 0 aromatic heterocycles. The van der Waals surface area contributed by atoms with E-state index in [4.69, 9.17) is 5.11 Å². The van der Waals surface area contributed by atoms with E-state index in [1.165, 1.54) is 38.5 Å². The molecule has 0 rings (SSSR count). The van der Waals surface area contributed by atoms with Gasteiger partial charge in [-0.25, -0.2) is 0 Å². The number of aliphatic hydroxyl groups is 1.